The quantitative estimate of drug-likeness (QED) is 0.269. The number of rotatable bonds is 6. The molecule has 0 fully saturated rings. The van der Waals surface area contributed by atoms with Crippen LogP contribution in [-0.2, 0) is 9.53 Å². The standard InChI is InChI=1S/C19H15N3O7/c1-27-14-11-12(7-9-16(23)28-2)6-8-13(14)29-18-17(22(25)26)19(24)21-10-4-3-5-15(21)20-18/h3-11H,1-2H3/b9-7+. The number of ether oxygens (including phenoxy) is 3. The van der Waals surface area contributed by atoms with Crippen LogP contribution in [0.1, 0.15) is 5.56 Å². The van der Waals surface area contributed by atoms with Crippen molar-refractivity contribution in [3.63, 3.8) is 0 Å². The number of aromatic nitrogens is 2. The van der Waals surface area contributed by atoms with Crippen LogP contribution in [0.2, 0.25) is 0 Å². The fraction of sp³-hybridized carbons (Fsp3) is 0.105. The number of methoxy groups -OCH3 is 2. The molecule has 10 heteroatoms. The number of hydrogen-bond donors (Lipinski definition) is 0. The zero-order valence-electron chi connectivity index (χ0n) is 15.4. The maximum atomic E-state index is 12.5. The van der Waals surface area contributed by atoms with Crippen LogP contribution in [-0.4, -0.2) is 34.5 Å². The first-order valence-corrected chi connectivity index (χ1v) is 8.22. The van der Waals surface area contributed by atoms with Crippen LogP contribution in [0.25, 0.3) is 11.7 Å². The molecule has 10 nitrogen and oxygen atoms in total. The Hall–Kier alpha value is -4.21. The molecule has 3 rings (SSSR count). The second-order valence-electron chi connectivity index (χ2n) is 5.63. The number of fused-ring (bicyclic) bond motifs is 1. The molecule has 0 radical (unpaired) electrons. The molecule has 0 atom stereocenters. The molecule has 0 unspecified atom stereocenters. The molecule has 0 saturated carbocycles. The zero-order valence-corrected chi connectivity index (χ0v) is 15.4. The Balaban J connectivity index is 2.05. The molecule has 0 amide bonds. The summed E-state index contributed by atoms with van der Waals surface area (Å²) in [6, 6.07) is 9.35. The van der Waals surface area contributed by atoms with Gasteiger partial charge in [0.15, 0.2) is 11.5 Å². The third kappa shape index (κ3) is 4.05. The average molecular weight is 397 g/mol. The minimum atomic E-state index is -0.868. The number of carbonyl (C=O) groups excluding carboxylic acids is 1. The molecule has 1 aromatic carbocycles. The lowest BCUT2D eigenvalue weighted by Gasteiger charge is -2.11. The van der Waals surface area contributed by atoms with Crippen LogP contribution in [0.3, 0.4) is 0 Å². The fourth-order valence-corrected chi connectivity index (χ4v) is 2.50. The summed E-state index contributed by atoms with van der Waals surface area (Å²) in [6.45, 7) is 0. The number of hydrogen-bond acceptors (Lipinski definition) is 8. The Labute approximate surface area is 163 Å². The van der Waals surface area contributed by atoms with Crippen molar-refractivity contribution in [2.24, 2.45) is 0 Å². The molecule has 29 heavy (non-hydrogen) atoms. The highest BCUT2D eigenvalue weighted by Gasteiger charge is 2.26. The second-order valence-corrected chi connectivity index (χ2v) is 5.63. The largest absolute Gasteiger partial charge is 0.493 e. The Kier molecular flexibility index (Phi) is 5.54. The van der Waals surface area contributed by atoms with Gasteiger partial charge in [-0.15, -0.1) is 0 Å². The number of benzene rings is 1. The van der Waals surface area contributed by atoms with Crippen molar-refractivity contribution in [3.05, 3.63) is 74.7 Å². The van der Waals surface area contributed by atoms with Gasteiger partial charge in [-0.2, -0.15) is 4.98 Å². The first kappa shape index (κ1) is 19.5. The number of nitro groups is 1. The van der Waals surface area contributed by atoms with Crippen molar-refractivity contribution in [1.82, 2.24) is 9.38 Å². The van der Waals surface area contributed by atoms with Gasteiger partial charge in [0.05, 0.1) is 19.1 Å². The van der Waals surface area contributed by atoms with Crippen molar-refractivity contribution < 1.29 is 23.9 Å². The van der Waals surface area contributed by atoms with Gasteiger partial charge in [0, 0.05) is 12.3 Å². The van der Waals surface area contributed by atoms with E-state index < -0.39 is 28.0 Å². The molecule has 148 valence electrons. The van der Waals surface area contributed by atoms with Gasteiger partial charge in [-0.1, -0.05) is 12.1 Å². The topological polar surface area (TPSA) is 122 Å². The number of esters is 1. The molecule has 0 bridgehead atoms. The van der Waals surface area contributed by atoms with E-state index in [2.05, 4.69) is 9.72 Å². The summed E-state index contributed by atoms with van der Waals surface area (Å²) in [5.74, 6) is -0.650. The molecule has 0 saturated heterocycles. The zero-order chi connectivity index (χ0) is 21.0. The number of carbonyl (C=O) groups is 1. The van der Waals surface area contributed by atoms with Gasteiger partial charge in [0.2, 0.25) is 0 Å². The first-order chi connectivity index (χ1) is 13.9. The summed E-state index contributed by atoms with van der Waals surface area (Å²) in [4.78, 5) is 38.4. The normalized spacial score (nSPS) is 10.8. The molecular formula is C19H15N3O7. The number of nitrogens with zero attached hydrogens (tertiary/aromatic N) is 3. The lowest BCUT2D eigenvalue weighted by molar-refractivity contribution is -0.387. The Bertz CT molecular complexity index is 1180. The molecule has 3 aromatic rings. The molecule has 0 N–H and O–H groups in total. The van der Waals surface area contributed by atoms with Gasteiger partial charge in [-0.3, -0.25) is 19.3 Å². The van der Waals surface area contributed by atoms with E-state index >= 15 is 0 Å². The summed E-state index contributed by atoms with van der Waals surface area (Å²) in [5.41, 5.74) is -0.882. The summed E-state index contributed by atoms with van der Waals surface area (Å²) in [5, 5.41) is 11.5. The second kappa shape index (κ2) is 8.21. The highest BCUT2D eigenvalue weighted by atomic mass is 16.6. The Morgan fingerprint density at radius 3 is 2.69 bits per heavy atom. The number of pyridine rings is 1. The highest BCUT2D eigenvalue weighted by molar-refractivity contribution is 5.87. The lowest BCUT2D eigenvalue weighted by Crippen LogP contribution is -2.19. The van der Waals surface area contributed by atoms with E-state index in [1.54, 1.807) is 24.3 Å². The van der Waals surface area contributed by atoms with Gasteiger partial charge in [-0.25, -0.2) is 4.79 Å². The van der Waals surface area contributed by atoms with Gasteiger partial charge in [0.25, 0.3) is 0 Å². The highest BCUT2D eigenvalue weighted by Crippen LogP contribution is 2.34. The van der Waals surface area contributed by atoms with Crippen molar-refractivity contribution >= 4 is 23.4 Å². The summed E-state index contributed by atoms with van der Waals surface area (Å²) in [7, 11) is 2.64. The van der Waals surface area contributed by atoms with E-state index in [1.165, 1.54) is 44.7 Å². The monoisotopic (exact) mass is 397 g/mol. The van der Waals surface area contributed by atoms with Crippen LogP contribution >= 0.6 is 0 Å². The van der Waals surface area contributed by atoms with E-state index in [0.29, 0.717) is 5.56 Å². The third-order valence-electron chi connectivity index (χ3n) is 3.87. The van der Waals surface area contributed by atoms with Crippen molar-refractivity contribution in [2.45, 2.75) is 0 Å². The van der Waals surface area contributed by atoms with Crippen LogP contribution in [0.4, 0.5) is 5.69 Å². The average Bonchev–Trinajstić information content (AvgIpc) is 2.72. The van der Waals surface area contributed by atoms with E-state index in [4.69, 9.17) is 9.47 Å². The maximum absolute atomic E-state index is 12.5. The Morgan fingerprint density at radius 2 is 2.00 bits per heavy atom. The SMILES string of the molecule is COC(=O)/C=C/c1ccc(Oc2nc3ccccn3c(=O)c2[N+](=O)[O-])c(OC)c1. The predicted molar refractivity (Wildman–Crippen MR) is 102 cm³/mol. The molecule has 2 aromatic heterocycles. The van der Waals surface area contributed by atoms with Gasteiger partial charge < -0.3 is 14.2 Å². The van der Waals surface area contributed by atoms with E-state index in [1.807, 2.05) is 0 Å². The van der Waals surface area contributed by atoms with Crippen LogP contribution in [0.15, 0.2) is 53.5 Å². The molecule has 0 aliphatic carbocycles. The Morgan fingerprint density at radius 1 is 1.21 bits per heavy atom. The molecule has 0 aliphatic rings. The third-order valence-corrected chi connectivity index (χ3v) is 3.87. The predicted octanol–water partition coefficient (Wildman–Crippen LogP) is 2.59. The molecule has 2 heterocycles. The molecule has 0 spiro atoms. The minimum absolute atomic E-state index is 0.109. The summed E-state index contributed by atoms with van der Waals surface area (Å²) >= 11 is 0. The van der Waals surface area contributed by atoms with Gasteiger partial charge >= 0.3 is 23.1 Å². The lowest BCUT2D eigenvalue weighted by atomic mass is 10.2. The van der Waals surface area contributed by atoms with Gasteiger partial charge in [-0.05, 0) is 35.9 Å². The van der Waals surface area contributed by atoms with Crippen LogP contribution in [0.5, 0.6) is 17.4 Å². The maximum Gasteiger partial charge on any atom is 0.396 e. The summed E-state index contributed by atoms with van der Waals surface area (Å²) in [6.07, 6.45) is 4.11. The smallest absolute Gasteiger partial charge is 0.396 e. The van der Waals surface area contributed by atoms with Crippen molar-refractivity contribution in [3.8, 4) is 17.4 Å². The minimum Gasteiger partial charge on any atom is -0.493 e. The fourth-order valence-electron chi connectivity index (χ4n) is 2.50. The van der Waals surface area contributed by atoms with Crippen molar-refractivity contribution in [1.29, 1.82) is 0 Å². The molecule has 0 aliphatic heterocycles. The van der Waals surface area contributed by atoms with E-state index in [-0.39, 0.29) is 17.1 Å². The molecular weight excluding hydrogens is 382 g/mol. The van der Waals surface area contributed by atoms with E-state index in [0.717, 1.165) is 4.40 Å². The first-order valence-electron chi connectivity index (χ1n) is 8.22. The van der Waals surface area contributed by atoms with E-state index in [9.17, 15) is 19.7 Å². The van der Waals surface area contributed by atoms with Gasteiger partial charge in [0.1, 0.15) is 5.65 Å². The summed E-state index contributed by atoms with van der Waals surface area (Å²) < 4.78 is 16.4. The van der Waals surface area contributed by atoms with Crippen LogP contribution < -0.4 is 15.0 Å². The van der Waals surface area contributed by atoms with Crippen molar-refractivity contribution in [2.75, 3.05) is 14.2 Å². The van der Waals surface area contributed by atoms with Crippen LogP contribution in [0, 0.1) is 10.1 Å².